The smallest absolute Gasteiger partial charge is 0.273 e. The third-order valence-electron chi connectivity index (χ3n) is 1.87. The van der Waals surface area contributed by atoms with Crippen LogP contribution in [0.25, 0.3) is 0 Å². The van der Waals surface area contributed by atoms with Crippen LogP contribution >= 0.6 is 11.5 Å². The third kappa shape index (κ3) is 3.26. The number of aryl methyl sites for hydroxylation is 1. The lowest BCUT2D eigenvalue weighted by Gasteiger charge is -2.19. The molecule has 0 fully saturated rings. The number of nitrogens with zero attached hydrogens (tertiary/aromatic N) is 2. The van der Waals surface area contributed by atoms with E-state index in [1.165, 1.54) is 16.4 Å². The van der Waals surface area contributed by atoms with E-state index in [0.29, 0.717) is 5.69 Å². The highest BCUT2D eigenvalue weighted by atomic mass is 32.1. The van der Waals surface area contributed by atoms with Gasteiger partial charge in [0.05, 0.1) is 13.2 Å². The fraction of sp³-hybridized carbons (Fsp3) is 0.556. The third-order valence-corrected chi connectivity index (χ3v) is 2.57. The monoisotopic (exact) mass is 230 g/mol. The van der Waals surface area contributed by atoms with Gasteiger partial charge in [0.25, 0.3) is 5.91 Å². The minimum atomic E-state index is -0.248. The summed E-state index contributed by atoms with van der Waals surface area (Å²) in [7, 11) is 0. The maximum Gasteiger partial charge on any atom is 0.273 e. The van der Waals surface area contributed by atoms with Gasteiger partial charge in [-0.05, 0) is 24.5 Å². The summed E-state index contributed by atoms with van der Waals surface area (Å²) in [5.74, 6) is -0.248. The van der Waals surface area contributed by atoms with Crippen LogP contribution in [-0.2, 0) is 0 Å². The fourth-order valence-electron chi connectivity index (χ4n) is 1.19. The van der Waals surface area contributed by atoms with Crippen molar-refractivity contribution in [1.29, 1.82) is 0 Å². The van der Waals surface area contributed by atoms with Crippen LogP contribution in [0, 0.1) is 6.92 Å². The van der Waals surface area contributed by atoms with Gasteiger partial charge in [-0.15, -0.1) is 0 Å². The molecule has 0 aromatic carbocycles. The van der Waals surface area contributed by atoms with Gasteiger partial charge >= 0.3 is 0 Å². The summed E-state index contributed by atoms with van der Waals surface area (Å²) < 4.78 is 3.99. The second-order valence-electron chi connectivity index (χ2n) is 3.06. The van der Waals surface area contributed by atoms with E-state index < -0.39 is 0 Å². The molecule has 84 valence electrons. The van der Waals surface area contributed by atoms with Crippen molar-refractivity contribution in [2.75, 3.05) is 26.3 Å². The first-order chi connectivity index (χ1) is 7.19. The van der Waals surface area contributed by atoms with Crippen LogP contribution in [0.15, 0.2) is 6.07 Å². The van der Waals surface area contributed by atoms with Crippen molar-refractivity contribution in [2.45, 2.75) is 6.92 Å². The molecule has 0 atom stereocenters. The molecule has 2 N–H and O–H groups in total. The van der Waals surface area contributed by atoms with Crippen molar-refractivity contribution in [3.8, 4) is 0 Å². The average Bonchev–Trinajstić information content (AvgIpc) is 2.63. The Morgan fingerprint density at radius 1 is 1.47 bits per heavy atom. The normalized spacial score (nSPS) is 10.3. The molecular formula is C9H14N2O3S. The van der Waals surface area contributed by atoms with Crippen LogP contribution in [0.5, 0.6) is 0 Å². The Kier molecular flexibility index (Phi) is 4.67. The van der Waals surface area contributed by atoms with Crippen molar-refractivity contribution in [2.24, 2.45) is 0 Å². The number of carbonyl (C=O) groups is 1. The highest BCUT2D eigenvalue weighted by molar-refractivity contribution is 7.05. The molecule has 0 unspecified atom stereocenters. The van der Waals surface area contributed by atoms with E-state index in [2.05, 4.69) is 4.37 Å². The fourth-order valence-corrected chi connectivity index (χ4v) is 1.72. The second kappa shape index (κ2) is 5.79. The zero-order valence-electron chi connectivity index (χ0n) is 8.51. The molecule has 0 aliphatic heterocycles. The molecule has 1 rings (SSSR count). The molecule has 0 saturated heterocycles. The van der Waals surface area contributed by atoms with Crippen molar-refractivity contribution in [1.82, 2.24) is 9.27 Å². The molecule has 15 heavy (non-hydrogen) atoms. The number of carbonyl (C=O) groups excluding carboxylic acids is 1. The van der Waals surface area contributed by atoms with Gasteiger partial charge in [0.2, 0.25) is 0 Å². The SMILES string of the molecule is Cc1cc(C(=O)N(CCO)CCO)ns1. The van der Waals surface area contributed by atoms with Crippen molar-refractivity contribution in [3.05, 3.63) is 16.6 Å². The van der Waals surface area contributed by atoms with Crippen LogP contribution in [0.1, 0.15) is 15.4 Å². The van der Waals surface area contributed by atoms with E-state index in [0.717, 1.165) is 4.88 Å². The lowest BCUT2D eigenvalue weighted by atomic mass is 10.3. The average molecular weight is 230 g/mol. The molecule has 1 aromatic heterocycles. The molecule has 0 aliphatic rings. The summed E-state index contributed by atoms with van der Waals surface area (Å²) in [4.78, 5) is 14.1. The Morgan fingerprint density at radius 2 is 2.07 bits per heavy atom. The first-order valence-electron chi connectivity index (χ1n) is 4.63. The van der Waals surface area contributed by atoms with Crippen LogP contribution in [0.3, 0.4) is 0 Å². The van der Waals surface area contributed by atoms with Crippen LogP contribution in [0.2, 0.25) is 0 Å². The number of hydrogen-bond donors (Lipinski definition) is 2. The molecule has 0 spiro atoms. The van der Waals surface area contributed by atoms with Crippen LogP contribution in [0.4, 0.5) is 0 Å². The second-order valence-corrected chi connectivity index (χ2v) is 4.07. The zero-order chi connectivity index (χ0) is 11.3. The Hall–Kier alpha value is -0.980. The highest BCUT2D eigenvalue weighted by Gasteiger charge is 2.17. The molecule has 6 heteroatoms. The molecule has 0 aliphatic carbocycles. The molecule has 0 saturated carbocycles. The molecule has 5 nitrogen and oxygen atoms in total. The Balaban J connectivity index is 2.71. The number of amides is 1. The van der Waals surface area contributed by atoms with Crippen LogP contribution in [-0.4, -0.2) is 51.7 Å². The van der Waals surface area contributed by atoms with E-state index >= 15 is 0 Å². The van der Waals surface area contributed by atoms with Crippen molar-refractivity contribution >= 4 is 17.4 Å². The summed E-state index contributed by atoms with van der Waals surface area (Å²) in [5.41, 5.74) is 0.374. The van der Waals surface area contributed by atoms with E-state index in [9.17, 15) is 4.79 Å². The van der Waals surface area contributed by atoms with Gasteiger partial charge in [-0.3, -0.25) is 4.79 Å². The quantitative estimate of drug-likeness (QED) is 0.739. The molecule has 1 aromatic rings. The van der Waals surface area contributed by atoms with Gasteiger partial charge in [0.1, 0.15) is 5.69 Å². The number of aromatic nitrogens is 1. The maximum atomic E-state index is 11.8. The first-order valence-corrected chi connectivity index (χ1v) is 5.40. The number of rotatable bonds is 5. The van der Waals surface area contributed by atoms with E-state index in [4.69, 9.17) is 10.2 Å². The summed E-state index contributed by atoms with van der Waals surface area (Å²) in [6.07, 6.45) is 0. The lowest BCUT2D eigenvalue weighted by Crippen LogP contribution is -2.36. The number of hydrogen-bond acceptors (Lipinski definition) is 5. The summed E-state index contributed by atoms with van der Waals surface area (Å²) >= 11 is 1.26. The summed E-state index contributed by atoms with van der Waals surface area (Å²) in [6, 6.07) is 1.70. The van der Waals surface area contributed by atoms with Crippen molar-refractivity contribution < 1.29 is 15.0 Å². The molecule has 1 heterocycles. The molecule has 0 radical (unpaired) electrons. The van der Waals surface area contributed by atoms with E-state index in [1.54, 1.807) is 6.07 Å². The minimum Gasteiger partial charge on any atom is -0.395 e. The first kappa shape index (κ1) is 12.1. The van der Waals surface area contributed by atoms with E-state index in [-0.39, 0.29) is 32.2 Å². The molecule has 0 bridgehead atoms. The van der Waals surface area contributed by atoms with Crippen molar-refractivity contribution in [3.63, 3.8) is 0 Å². The van der Waals surface area contributed by atoms with E-state index in [1.807, 2.05) is 6.92 Å². The standard InChI is InChI=1S/C9H14N2O3S/c1-7-6-8(10-15-7)9(14)11(2-4-12)3-5-13/h6,12-13H,2-5H2,1H3. The van der Waals surface area contributed by atoms with Gasteiger partial charge in [-0.1, -0.05) is 0 Å². The van der Waals surface area contributed by atoms with Gasteiger partial charge < -0.3 is 15.1 Å². The molecule has 1 amide bonds. The zero-order valence-corrected chi connectivity index (χ0v) is 9.33. The minimum absolute atomic E-state index is 0.116. The number of aliphatic hydroxyl groups excluding tert-OH is 2. The Morgan fingerprint density at radius 3 is 2.47 bits per heavy atom. The number of aliphatic hydroxyl groups is 2. The summed E-state index contributed by atoms with van der Waals surface area (Å²) in [6.45, 7) is 2.08. The van der Waals surface area contributed by atoms with Crippen LogP contribution < -0.4 is 0 Å². The largest absolute Gasteiger partial charge is 0.395 e. The highest BCUT2D eigenvalue weighted by Crippen LogP contribution is 2.10. The van der Waals surface area contributed by atoms with Gasteiger partial charge in [0.15, 0.2) is 0 Å². The predicted molar refractivity (Wildman–Crippen MR) is 56.9 cm³/mol. The lowest BCUT2D eigenvalue weighted by molar-refractivity contribution is 0.0680. The summed E-state index contributed by atoms with van der Waals surface area (Å²) in [5, 5.41) is 17.5. The predicted octanol–water partition coefficient (Wildman–Crippen LogP) is -0.122. The molecular weight excluding hydrogens is 216 g/mol. The Bertz CT molecular complexity index is 321. The maximum absolute atomic E-state index is 11.8. The Labute approximate surface area is 92.1 Å². The topological polar surface area (TPSA) is 73.7 Å². The van der Waals surface area contributed by atoms with Gasteiger partial charge in [0, 0.05) is 18.0 Å². The van der Waals surface area contributed by atoms with Gasteiger partial charge in [-0.25, -0.2) is 0 Å². The van der Waals surface area contributed by atoms with Gasteiger partial charge in [-0.2, -0.15) is 4.37 Å².